The second kappa shape index (κ2) is 6.23. The van der Waals surface area contributed by atoms with Crippen LogP contribution in [0.15, 0.2) is 12.1 Å². The van der Waals surface area contributed by atoms with Crippen molar-refractivity contribution in [3.05, 3.63) is 22.7 Å². The summed E-state index contributed by atoms with van der Waals surface area (Å²) in [6, 6.07) is 3.39. The van der Waals surface area contributed by atoms with E-state index in [1.807, 2.05) is 6.92 Å². The first-order chi connectivity index (χ1) is 9.80. The van der Waals surface area contributed by atoms with Crippen molar-refractivity contribution < 1.29 is 17.9 Å². The second-order valence-corrected chi connectivity index (χ2v) is 7.96. The van der Waals surface area contributed by atoms with Gasteiger partial charge in [0.2, 0.25) is 5.91 Å². The van der Waals surface area contributed by atoms with Crippen molar-refractivity contribution in [2.45, 2.75) is 19.8 Å². The molecule has 0 bridgehead atoms. The van der Waals surface area contributed by atoms with Gasteiger partial charge in [-0.05, 0) is 30.9 Å². The van der Waals surface area contributed by atoms with Crippen LogP contribution < -0.4 is 10.1 Å². The van der Waals surface area contributed by atoms with Crippen LogP contribution in [0.3, 0.4) is 0 Å². The van der Waals surface area contributed by atoms with Crippen LogP contribution in [0.1, 0.15) is 18.4 Å². The summed E-state index contributed by atoms with van der Waals surface area (Å²) < 4.78 is 28.0. The molecule has 0 spiro atoms. The summed E-state index contributed by atoms with van der Waals surface area (Å²) in [6.45, 7) is 1.83. The Labute approximate surface area is 129 Å². The number of benzene rings is 1. The Kier molecular flexibility index (Phi) is 4.78. The predicted octanol–water partition coefficient (Wildman–Crippen LogP) is 2.42. The summed E-state index contributed by atoms with van der Waals surface area (Å²) >= 11 is 6.01. The van der Waals surface area contributed by atoms with Crippen molar-refractivity contribution in [3.8, 4) is 5.75 Å². The maximum absolute atomic E-state index is 12.0. The van der Waals surface area contributed by atoms with E-state index < -0.39 is 9.84 Å². The van der Waals surface area contributed by atoms with Crippen molar-refractivity contribution in [3.63, 3.8) is 0 Å². The summed E-state index contributed by atoms with van der Waals surface area (Å²) in [5.74, 6) is 0.440. The fourth-order valence-corrected chi connectivity index (χ4v) is 4.44. The Balaban J connectivity index is 2.05. The van der Waals surface area contributed by atoms with Crippen molar-refractivity contribution in [2.75, 3.05) is 23.9 Å². The van der Waals surface area contributed by atoms with Crippen molar-refractivity contribution >= 4 is 33.0 Å². The highest BCUT2D eigenvalue weighted by atomic mass is 35.5. The topological polar surface area (TPSA) is 72.5 Å². The Morgan fingerprint density at radius 3 is 2.76 bits per heavy atom. The minimum atomic E-state index is -2.96. The molecule has 0 radical (unpaired) electrons. The van der Waals surface area contributed by atoms with Crippen LogP contribution in [0.2, 0.25) is 5.02 Å². The van der Waals surface area contributed by atoms with Crippen molar-refractivity contribution in [1.29, 1.82) is 0 Å². The molecule has 0 unspecified atom stereocenters. The third-order valence-electron chi connectivity index (χ3n) is 3.56. The van der Waals surface area contributed by atoms with Crippen LogP contribution in [0, 0.1) is 12.8 Å². The van der Waals surface area contributed by atoms with Gasteiger partial charge < -0.3 is 10.1 Å². The van der Waals surface area contributed by atoms with Crippen LogP contribution in [0.5, 0.6) is 5.75 Å². The minimum absolute atomic E-state index is 0.0944. The number of halogens is 1. The van der Waals surface area contributed by atoms with E-state index in [1.165, 1.54) is 7.11 Å². The summed E-state index contributed by atoms with van der Waals surface area (Å²) in [5, 5.41) is 3.33. The molecule has 1 aromatic carbocycles. The number of carbonyl (C=O) groups excluding carboxylic acids is 1. The molecular weight excluding hydrogens is 314 g/mol. The van der Waals surface area contributed by atoms with E-state index in [1.54, 1.807) is 12.1 Å². The SMILES string of the molecule is COc1cc(Cl)c(C)cc1NC(=O)C[C@@H]1CCS(=O)(=O)C1. The molecule has 1 aliphatic rings. The molecule has 7 heteroatoms. The molecule has 1 atom stereocenters. The molecule has 116 valence electrons. The number of sulfone groups is 1. The van der Waals surface area contributed by atoms with Crippen LogP contribution in [0.25, 0.3) is 0 Å². The average Bonchev–Trinajstić information content (AvgIpc) is 2.72. The van der Waals surface area contributed by atoms with Gasteiger partial charge in [0.05, 0.1) is 24.3 Å². The highest BCUT2D eigenvalue weighted by Crippen LogP contribution is 2.31. The second-order valence-electron chi connectivity index (χ2n) is 5.32. The van der Waals surface area contributed by atoms with Gasteiger partial charge in [-0.3, -0.25) is 4.79 Å². The van der Waals surface area contributed by atoms with Crippen LogP contribution >= 0.6 is 11.6 Å². The van der Waals surface area contributed by atoms with Gasteiger partial charge in [0.1, 0.15) is 5.75 Å². The largest absolute Gasteiger partial charge is 0.495 e. The van der Waals surface area contributed by atoms with Crippen molar-refractivity contribution in [1.82, 2.24) is 0 Å². The first-order valence-electron chi connectivity index (χ1n) is 6.65. The fraction of sp³-hybridized carbons (Fsp3) is 0.500. The van der Waals surface area contributed by atoms with Gasteiger partial charge >= 0.3 is 0 Å². The average molecular weight is 332 g/mol. The molecular formula is C14H18ClNO4S. The molecule has 2 rings (SSSR count). The number of nitrogens with one attached hydrogen (secondary N) is 1. The van der Waals surface area contributed by atoms with Gasteiger partial charge in [-0.2, -0.15) is 0 Å². The highest BCUT2D eigenvalue weighted by Gasteiger charge is 2.29. The summed E-state index contributed by atoms with van der Waals surface area (Å²) in [4.78, 5) is 12.0. The normalized spacial score (nSPS) is 20.2. The molecule has 1 fully saturated rings. The number of aryl methyl sites for hydroxylation is 1. The molecule has 0 aliphatic carbocycles. The van der Waals surface area contributed by atoms with E-state index in [4.69, 9.17) is 16.3 Å². The van der Waals surface area contributed by atoms with E-state index >= 15 is 0 Å². The third kappa shape index (κ3) is 4.11. The number of ether oxygens (including phenoxy) is 1. The third-order valence-corrected chi connectivity index (χ3v) is 5.80. The molecule has 5 nitrogen and oxygen atoms in total. The van der Waals surface area contributed by atoms with Crippen LogP contribution in [-0.4, -0.2) is 32.9 Å². The van der Waals surface area contributed by atoms with E-state index in [2.05, 4.69) is 5.32 Å². The van der Waals surface area contributed by atoms with Gasteiger partial charge in [0.25, 0.3) is 0 Å². The lowest BCUT2D eigenvalue weighted by atomic mass is 10.0. The Bertz CT molecular complexity index is 657. The number of carbonyl (C=O) groups is 1. The van der Waals surface area contributed by atoms with E-state index in [-0.39, 0.29) is 29.8 Å². The molecule has 0 aromatic heterocycles. The molecule has 1 aliphatic heterocycles. The lowest BCUT2D eigenvalue weighted by Gasteiger charge is -2.13. The molecule has 1 saturated heterocycles. The predicted molar refractivity (Wildman–Crippen MR) is 82.7 cm³/mol. The molecule has 0 saturated carbocycles. The molecule has 1 heterocycles. The number of hydrogen-bond donors (Lipinski definition) is 1. The van der Waals surface area contributed by atoms with Crippen LogP contribution in [-0.2, 0) is 14.6 Å². The van der Waals surface area contributed by atoms with Gasteiger partial charge in [-0.15, -0.1) is 0 Å². The summed E-state index contributed by atoms with van der Waals surface area (Å²) in [6.07, 6.45) is 0.747. The summed E-state index contributed by atoms with van der Waals surface area (Å²) in [5.41, 5.74) is 1.38. The van der Waals surface area contributed by atoms with E-state index in [0.717, 1.165) is 5.56 Å². The first kappa shape index (κ1) is 16.1. The minimum Gasteiger partial charge on any atom is -0.495 e. The Hall–Kier alpha value is -1.27. The van der Waals surface area contributed by atoms with Gasteiger partial charge in [0, 0.05) is 17.5 Å². The van der Waals surface area contributed by atoms with Gasteiger partial charge in [-0.25, -0.2) is 8.42 Å². The lowest BCUT2D eigenvalue weighted by Crippen LogP contribution is -2.18. The van der Waals surface area contributed by atoms with Crippen LogP contribution in [0.4, 0.5) is 5.69 Å². The summed E-state index contributed by atoms with van der Waals surface area (Å²) in [7, 11) is -1.46. The quantitative estimate of drug-likeness (QED) is 0.919. The first-order valence-corrected chi connectivity index (χ1v) is 8.85. The number of hydrogen-bond acceptors (Lipinski definition) is 4. The van der Waals surface area contributed by atoms with E-state index in [0.29, 0.717) is 22.9 Å². The zero-order valence-corrected chi connectivity index (χ0v) is 13.6. The van der Waals surface area contributed by atoms with Gasteiger partial charge in [-0.1, -0.05) is 11.6 Å². The number of amides is 1. The molecule has 1 aromatic rings. The number of rotatable bonds is 4. The standard InChI is InChI=1S/C14H18ClNO4S/c1-9-5-12(13(20-2)7-11(9)15)16-14(17)6-10-3-4-21(18,19)8-10/h5,7,10H,3-4,6,8H2,1-2H3,(H,16,17)/t10-/m0/s1. The van der Waals surface area contributed by atoms with E-state index in [9.17, 15) is 13.2 Å². The van der Waals surface area contributed by atoms with Gasteiger partial charge in [0.15, 0.2) is 9.84 Å². The Morgan fingerprint density at radius 1 is 1.48 bits per heavy atom. The smallest absolute Gasteiger partial charge is 0.224 e. The number of anilines is 1. The zero-order chi connectivity index (χ0) is 15.6. The Morgan fingerprint density at radius 2 is 2.19 bits per heavy atom. The zero-order valence-electron chi connectivity index (χ0n) is 12.0. The number of methoxy groups -OCH3 is 1. The molecule has 1 amide bonds. The van der Waals surface area contributed by atoms with Crippen molar-refractivity contribution in [2.24, 2.45) is 5.92 Å². The monoisotopic (exact) mass is 331 g/mol. The fourth-order valence-electron chi connectivity index (χ4n) is 2.43. The molecule has 1 N–H and O–H groups in total. The molecule has 21 heavy (non-hydrogen) atoms. The lowest BCUT2D eigenvalue weighted by molar-refractivity contribution is -0.116. The maximum Gasteiger partial charge on any atom is 0.224 e. The maximum atomic E-state index is 12.0. The highest BCUT2D eigenvalue weighted by molar-refractivity contribution is 7.91.